The fourth-order valence-electron chi connectivity index (χ4n) is 2.62. The number of carbonyl (C=O) groups excluding carboxylic acids is 1. The van der Waals surface area contributed by atoms with E-state index in [0.29, 0.717) is 5.56 Å². The summed E-state index contributed by atoms with van der Waals surface area (Å²) < 4.78 is 30.9. The molecule has 4 nitrogen and oxygen atoms in total. The molecule has 0 saturated carbocycles. The van der Waals surface area contributed by atoms with Crippen LogP contribution in [-0.4, -0.2) is 21.0 Å². The van der Waals surface area contributed by atoms with Gasteiger partial charge in [-0.2, -0.15) is 0 Å². The fourth-order valence-corrected chi connectivity index (χ4v) is 3.96. The first-order valence-electron chi connectivity index (χ1n) is 8.20. The molecular weight excluding hydrogens is 348 g/mol. The molecular formula is C21H18O4S. The number of sulfone groups is 1. The van der Waals surface area contributed by atoms with Gasteiger partial charge in [0.2, 0.25) is 9.84 Å². The summed E-state index contributed by atoms with van der Waals surface area (Å²) in [6, 6.07) is 21.1. The zero-order valence-electron chi connectivity index (χ0n) is 14.3. The van der Waals surface area contributed by atoms with E-state index in [1.807, 2.05) is 36.4 Å². The molecule has 0 radical (unpaired) electrons. The van der Waals surface area contributed by atoms with Gasteiger partial charge in [-0.15, -0.1) is 0 Å². The van der Waals surface area contributed by atoms with Crippen molar-refractivity contribution in [3.8, 4) is 0 Å². The molecule has 0 heterocycles. The van der Waals surface area contributed by atoms with Crippen LogP contribution in [0.4, 0.5) is 0 Å². The molecule has 0 amide bonds. The highest BCUT2D eigenvalue weighted by Crippen LogP contribution is 2.24. The Hall–Kier alpha value is -2.92. The minimum absolute atomic E-state index is 0.0556. The fraction of sp³-hybridized carbons (Fsp3) is 0.0952. The minimum atomic E-state index is -3.99. The Labute approximate surface area is 152 Å². The summed E-state index contributed by atoms with van der Waals surface area (Å²) in [7, 11) is -3.99. The molecule has 0 fully saturated rings. The number of carbonyl (C=O) groups is 1. The molecule has 0 spiro atoms. The van der Waals surface area contributed by atoms with E-state index in [1.54, 1.807) is 31.2 Å². The molecule has 3 aromatic rings. The number of rotatable bonds is 5. The molecule has 3 aromatic carbocycles. The lowest BCUT2D eigenvalue weighted by Gasteiger charge is -2.09. The summed E-state index contributed by atoms with van der Waals surface area (Å²) in [4.78, 5) is 12.0. The molecule has 0 atom stereocenters. The maximum atomic E-state index is 12.9. The molecule has 132 valence electrons. The first-order chi connectivity index (χ1) is 12.5. The second-order valence-corrected chi connectivity index (χ2v) is 7.57. The standard InChI is InChI=1S/C21H18O4S/c1-2-25-21(22)20(26(23,24)19-10-4-3-5-11-19)15-16-12-13-17-8-6-7-9-18(17)14-16/h3-15H,2H2,1H3/b20-15+. The highest BCUT2D eigenvalue weighted by atomic mass is 32.2. The van der Waals surface area contributed by atoms with Crippen molar-refractivity contribution < 1.29 is 17.9 Å². The second kappa shape index (κ2) is 7.54. The van der Waals surface area contributed by atoms with Crippen LogP contribution >= 0.6 is 0 Å². The van der Waals surface area contributed by atoms with Crippen LogP contribution in [0, 0.1) is 0 Å². The van der Waals surface area contributed by atoms with Crippen LogP contribution < -0.4 is 0 Å². The van der Waals surface area contributed by atoms with Crippen LogP contribution in [0.5, 0.6) is 0 Å². The number of ether oxygens (including phenoxy) is 1. The normalized spacial score (nSPS) is 12.1. The van der Waals surface area contributed by atoms with Crippen molar-refractivity contribution in [1.29, 1.82) is 0 Å². The minimum Gasteiger partial charge on any atom is -0.462 e. The third-order valence-electron chi connectivity index (χ3n) is 3.89. The Morgan fingerprint density at radius 3 is 2.27 bits per heavy atom. The largest absolute Gasteiger partial charge is 0.462 e. The maximum absolute atomic E-state index is 12.9. The van der Waals surface area contributed by atoms with E-state index in [2.05, 4.69) is 0 Å². The lowest BCUT2D eigenvalue weighted by atomic mass is 10.1. The molecule has 0 saturated heterocycles. The van der Waals surface area contributed by atoms with Gasteiger partial charge < -0.3 is 4.74 Å². The molecule has 0 aliphatic carbocycles. The molecule has 0 unspecified atom stereocenters. The zero-order valence-corrected chi connectivity index (χ0v) is 15.1. The zero-order chi connectivity index (χ0) is 18.6. The average molecular weight is 366 g/mol. The molecule has 0 aromatic heterocycles. The average Bonchev–Trinajstić information content (AvgIpc) is 2.66. The lowest BCUT2D eigenvalue weighted by Crippen LogP contribution is -2.16. The van der Waals surface area contributed by atoms with Gasteiger partial charge in [-0.1, -0.05) is 54.6 Å². The van der Waals surface area contributed by atoms with Crippen LogP contribution in [-0.2, 0) is 19.4 Å². The van der Waals surface area contributed by atoms with Gasteiger partial charge in [0.05, 0.1) is 11.5 Å². The third kappa shape index (κ3) is 3.68. The van der Waals surface area contributed by atoms with Crippen molar-refractivity contribution in [1.82, 2.24) is 0 Å². The van der Waals surface area contributed by atoms with E-state index >= 15 is 0 Å². The predicted octanol–water partition coefficient (Wildman–Crippen LogP) is 4.22. The van der Waals surface area contributed by atoms with Crippen molar-refractivity contribution in [3.05, 3.63) is 83.3 Å². The van der Waals surface area contributed by atoms with Crippen LogP contribution in [0.1, 0.15) is 12.5 Å². The molecule has 0 bridgehead atoms. The van der Waals surface area contributed by atoms with E-state index < -0.39 is 15.8 Å². The van der Waals surface area contributed by atoms with E-state index in [0.717, 1.165) is 10.8 Å². The number of fused-ring (bicyclic) bond motifs is 1. The molecule has 26 heavy (non-hydrogen) atoms. The Kier molecular flexibility index (Phi) is 5.19. The predicted molar refractivity (Wildman–Crippen MR) is 102 cm³/mol. The van der Waals surface area contributed by atoms with Crippen LogP contribution in [0.3, 0.4) is 0 Å². The number of hydrogen-bond donors (Lipinski definition) is 0. The summed E-state index contributed by atoms with van der Waals surface area (Å²) in [6.07, 6.45) is 1.37. The third-order valence-corrected chi connectivity index (χ3v) is 5.65. The highest BCUT2D eigenvalue weighted by molar-refractivity contribution is 7.96. The van der Waals surface area contributed by atoms with Crippen LogP contribution in [0.2, 0.25) is 0 Å². The van der Waals surface area contributed by atoms with Crippen LogP contribution in [0.15, 0.2) is 82.6 Å². The van der Waals surface area contributed by atoms with Crippen molar-refractivity contribution in [3.63, 3.8) is 0 Å². The number of hydrogen-bond acceptors (Lipinski definition) is 4. The first kappa shape index (κ1) is 17.9. The van der Waals surface area contributed by atoms with Gasteiger partial charge in [0, 0.05) is 0 Å². The summed E-state index contributed by atoms with van der Waals surface area (Å²) in [6.45, 7) is 1.74. The van der Waals surface area contributed by atoms with E-state index in [4.69, 9.17) is 4.74 Å². The summed E-state index contributed by atoms with van der Waals surface area (Å²) in [5, 5.41) is 2.00. The Bertz CT molecular complexity index is 1070. The molecule has 5 heteroatoms. The van der Waals surface area contributed by atoms with Gasteiger partial charge in [0.25, 0.3) is 0 Å². The summed E-state index contributed by atoms with van der Waals surface area (Å²) >= 11 is 0. The Morgan fingerprint density at radius 2 is 1.58 bits per heavy atom. The maximum Gasteiger partial charge on any atom is 0.350 e. The highest BCUT2D eigenvalue weighted by Gasteiger charge is 2.28. The van der Waals surface area contributed by atoms with Gasteiger partial charge in [-0.3, -0.25) is 0 Å². The van der Waals surface area contributed by atoms with E-state index in [-0.39, 0.29) is 16.4 Å². The van der Waals surface area contributed by atoms with E-state index in [1.165, 1.54) is 18.2 Å². The molecule has 0 aliphatic rings. The van der Waals surface area contributed by atoms with Gasteiger partial charge in [-0.05, 0) is 47.5 Å². The van der Waals surface area contributed by atoms with Gasteiger partial charge in [0.15, 0.2) is 4.91 Å². The van der Waals surface area contributed by atoms with Crippen molar-refractivity contribution in [2.45, 2.75) is 11.8 Å². The number of esters is 1. The topological polar surface area (TPSA) is 60.4 Å². The molecule has 0 N–H and O–H groups in total. The van der Waals surface area contributed by atoms with Gasteiger partial charge >= 0.3 is 5.97 Å². The lowest BCUT2D eigenvalue weighted by molar-refractivity contribution is -0.137. The Balaban J connectivity index is 2.13. The number of benzene rings is 3. The monoisotopic (exact) mass is 366 g/mol. The van der Waals surface area contributed by atoms with E-state index in [9.17, 15) is 13.2 Å². The molecule has 3 rings (SSSR count). The summed E-state index contributed by atoms with van der Waals surface area (Å²) in [5.41, 5.74) is 0.617. The van der Waals surface area contributed by atoms with Crippen LogP contribution in [0.25, 0.3) is 16.8 Å². The SMILES string of the molecule is CCOC(=O)/C(=C\c1ccc2ccccc2c1)S(=O)(=O)c1ccccc1. The van der Waals surface area contributed by atoms with Crippen molar-refractivity contribution >= 4 is 32.7 Å². The summed E-state index contributed by atoms with van der Waals surface area (Å²) in [5.74, 6) is -0.857. The quantitative estimate of drug-likeness (QED) is 0.501. The Morgan fingerprint density at radius 1 is 0.923 bits per heavy atom. The van der Waals surface area contributed by atoms with Gasteiger partial charge in [0.1, 0.15) is 0 Å². The first-order valence-corrected chi connectivity index (χ1v) is 9.68. The van der Waals surface area contributed by atoms with Crippen molar-refractivity contribution in [2.75, 3.05) is 6.61 Å². The van der Waals surface area contributed by atoms with Crippen molar-refractivity contribution in [2.24, 2.45) is 0 Å². The van der Waals surface area contributed by atoms with Gasteiger partial charge in [-0.25, -0.2) is 13.2 Å². The second-order valence-electron chi connectivity index (χ2n) is 5.65. The smallest absolute Gasteiger partial charge is 0.350 e. The molecule has 0 aliphatic heterocycles.